The van der Waals surface area contributed by atoms with E-state index >= 15 is 0 Å². The molecule has 2 nitrogen and oxygen atoms in total. The maximum atomic E-state index is 9.92. The van der Waals surface area contributed by atoms with Crippen LogP contribution in [0.4, 0.5) is 18.6 Å². The van der Waals surface area contributed by atoms with Crippen molar-refractivity contribution >= 4 is 12.6 Å². The third kappa shape index (κ3) is 47.2. The van der Waals surface area contributed by atoms with Gasteiger partial charge in [-0.15, -0.1) is 0 Å². The predicted octanol–water partition coefficient (Wildman–Crippen LogP) is 2.62. The molecule has 1 heterocycles. The summed E-state index contributed by atoms with van der Waals surface area (Å²) in [6, 6.07) is 0. The molecule has 10 heteroatoms. The van der Waals surface area contributed by atoms with Crippen molar-refractivity contribution in [2.24, 2.45) is 9.98 Å². The SMILES string of the molecule is C1=NC=NC1.[Co+2].[F][Ti-2]([F])([F])([F])([F])[F]. The van der Waals surface area contributed by atoms with Gasteiger partial charge in [0.1, 0.15) is 6.34 Å². The summed E-state index contributed by atoms with van der Waals surface area (Å²) in [5.74, 6) is 0. The average Bonchev–Trinajstić information content (AvgIpc) is 2.00. The van der Waals surface area contributed by atoms with E-state index in [1.54, 1.807) is 12.6 Å². The molecule has 0 saturated carbocycles. The zero-order chi connectivity index (χ0) is 9.94. The molecule has 1 aliphatic heterocycles. The number of nitrogens with zero attached hydrogens (tertiary/aromatic N) is 2. The molecule has 0 N–H and O–H groups in total. The quantitative estimate of drug-likeness (QED) is 0.484. The van der Waals surface area contributed by atoms with Crippen LogP contribution in [0, 0.1) is 0 Å². The first-order valence-corrected chi connectivity index (χ1v) is 6.17. The monoisotopic (exact) mass is 289 g/mol. The maximum absolute atomic E-state index is 11.2. The van der Waals surface area contributed by atoms with Crippen LogP contribution >= 0.6 is 0 Å². The molecule has 0 saturated heterocycles. The van der Waals surface area contributed by atoms with E-state index in [0.29, 0.717) is 0 Å². The Balaban J connectivity index is 0. The molecule has 0 amide bonds. The molecule has 0 spiro atoms. The van der Waals surface area contributed by atoms with E-state index in [1.165, 1.54) is 0 Å². The molecule has 0 fully saturated rings. The van der Waals surface area contributed by atoms with Gasteiger partial charge in [0.05, 0.1) is 6.54 Å². The molecule has 1 radical (unpaired) electrons. The molecule has 0 unspecified atom stereocenters. The van der Waals surface area contributed by atoms with Crippen LogP contribution < -0.4 is 0 Å². The summed E-state index contributed by atoms with van der Waals surface area (Å²) in [5.41, 5.74) is 0. The van der Waals surface area contributed by atoms with E-state index in [1.807, 2.05) is 0 Å². The summed E-state index contributed by atoms with van der Waals surface area (Å²) in [4.78, 5) is 7.40. The van der Waals surface area contributed by atoms with Gasteiger partial charge in [-0.1, -0.05) is 0 Å². The Bertz CT molecular complexity index is 194. The number of rotatable bonds is 0. The fourth-order valence-corrected chi connectivity index (χ4v) is 0.236. The Labute approximate surface area is 81.8 Å². The average molecular weight is 289 g/mol. The third-order valence-electron chi connectivity index (χ3n) is 0.441. The fourth-order valence-electron chi connectivity index (χ4n) is 0.236. The standard InChI is InChI=1S/C3H4N2.Co.6FH.Ti/c1-2-5-3-4-1;;;;;;;;/h1,3H,2H2;;6*1H;/q;+2;;;;;;;+4/p-6. The van der Waals surface area contributed by atoms with Gasteiger partial charge in [-0.2, -0.15) is 0 Å². The normalized spacial score (nSPS) is 19.2. The van der Waals surface area contributed by atoms with Crippen molar-refractivity contribution in [3.63, 3.8) is 0 Å². The molecule has 0 aliphatic carbocycles. The summed E-state index contributed by atoms with van der Waals surface area (Å²) in [6.45, 7) is 0.778. The molecule has 1 rings (SSSR count). The Hall–Kier alpha value is 0.141. The molecule has 13 heavy (non-hydrogen) atoms. The number of halogens is 6. The van der Waals surface area contributed by atoms with Gasteiger partial charge in [-0.25, -0.2) is 4.99 Å². The van der Waals surface area contributed by atoms with Crippen molar-refractivity contribution in [3.8, 4) is 0 Å². The molecular formula is C3H4CoF6N2Ti. The fraction of sp³-hybridized carbons (Fsp3) is 0.333. The van der Waals surface area contributed by atoms with E-state index in [2.05, 4.69) is 9.98 Å². The van der Waals surface area contributed by atoms with Crippen LogP contribution in [-0.2, 0) is 34.0 Å². The van der Waals surface area contributed by atoms with Crippen LogP contribution in [0.1, 0.15) is 0 Å². The van der Waals surface area contributed by atoms with Gasteiger partial charge >= 0.3 is 52.6 Å². The Morgan fingerprint density at radius 2 is 1.38 bits per heavy atom. The minimum absolute atomic E-state index is 0. The van der Waals surface area contributed by atoms with Crippen LogP contribution in [0.2, 0.25) is 0 Å². The second-order valence-corrected chi connectivity index (χ2v) is 5.23. The van der Waals surface area contributed by atoms with Crippen molar-refractivity contribution in [1.29, 1.82) is 0 Å². The van der Waals surface area contributed by atoms with Gasteiger partial charge in [-0.3, -0.25) is 4.99 Å². The van der Waals surface area contributed by atoms with E-state index < -0.39 is 17.2 Å². The van der Waals surface area contributed by atoms with Crippen LogP contribution in [0.25, 0.3) is 0 Å². The van der Waals surface area contributed by atoms with Gasteiger partial charge in [0.25, 0.3) is 0 Å². The molecule has 0 bridgehead atoms. The van der Waals surface area contributed by atoms with Crippen molar-refractivity contribution in [1.82, 2.24) is 0 Å². The minimum atomic E-state index is -11.2. The molecule has 0 aromatic rings. The number of hydrogen-bond acceptors (Lipinski definition) is 2. The zero-order valence-corrected chi connectivity index (χ0v) is 8.46. The van der Waals surface area contributed by atoms with Crippen LogP contribution in [0.15, 0.2) is 9.98 Å². The molecule has 81 valence electrons. The van der Waals surface area contributed by atoms with Gasteiger partial charge < -0.3 is 0 Å². The second kappa shape index (κ2) is 3.71. The molecular weight excluding hydrogens is 285 g/mol. The second-order valence-electron chi connectivity index (χ2n) is 1.88. The summed E-state index contributed by atoms with van der Waals surface area (Å²) in [5, 5.41) is 0. The summed E-state index contributed by atoms with van der Waals surface area (Å²) in [7, 11) is 0. The summed E-state index contributed by atoms with van der Waals surface area (Å²) < 4.78 is 59.5. The van der Waals surface area contributed by atoms with E-state index in [-0.39, 0.29) is 16.8 Å². The van der Waals surface area contributed by atoms with Crippen molar-refractivity contribution in [3.05, 3.63) is 0 Å². The van der Waals surface area contributed by atoms with Crippen LogP contribution in [0.3, 0.4) is 0 Å². The molecule has 1 aliphatic rings. The van der Waals surface area contributed by atoms with E-state index in [0.717, 1.165) is 6.54 Å². The van der Waals surface area contributed by atoms with Gasteiger partial charge in [-0.05, 0) is 0 Å². The Morgan fingerprint density at radius 3 is 1.46 bits per heavy atom. The molecule has 0 aromatic carbocycles. The third-order valence-corrected chi connectivity index (χ3v) is 0.441. The van der Waals surface area contributed by atoms with Crippen molar-refractivity contribution < 1.29 is 52.6 Å². The molecule has 0 aromatic heterocycles. The van der Waals surface area contributed by atoms with Gasteiger partial charge in [0.15, 0.2) is 0 Å². The first-order valence-electron chi connectivity index (χ1n) is 2.63. The molecule has 0 atom stereocenters. The zero-order valence-electron chi connectivity index (χ0n) is 5.86. The number of hydrogen-bond donors (Lipinski definition) is 0. The number of aliphatic imine (C=N–C) groups is 2. The van der Waals surface area contributed by atoms with Crippen molar-refractivity contribution in [2.75, 3.05) is 6.54 Å². The topological polar surface area (TPSA) is 24.7 Å². The Morgan fingerprint density at radius 1 is 1.00 bits per heavy atom. The van der Waals surface area contributed by atoms with E-state index in [4.69, 9.17) is 0 Å². The first kappa shape index (κ1) is 15.6. The first-order chi connectivity index (χ1) is 4.95. The Kier molecular flexibility index (Phi) is 4.46. The van der Waals surface area contributed by atoms with Gasteiger partial charge in [0.2, 0.25) is 0 Å². The summed E-state index contributed by atoms with van der Waals surface area (Å²) in [6.07, 6.45) is 3.32. The van der Waals surface area contributed by atoms with Crippen molar-refractivity contribution in [2.45, 2.75) is 0 Å². The van der Waals surface area contributed by atoms with E-state index in [9.17, 15) is 18.6 Å². The van der Waals surface area contributed by atoms with Crippen LogP contribution in [-0.4, -0.2) is 19.1 Å². The summed E-state index contributed by atoms with van der Waals surface area (Å²) >= 11 is -11.2. The van der Waals surface area contributed by atoms with Gasteiger partial charge in [0, 0.05) is 6.21 Å². The predicted molar refractivity (Wildman–Crippen MR) is 28.5 cm³/mol. The van der Waals surface area contributed by atoms with Crippen LogP contribution in [0.5, 0.6) is 0 Å².